The number of ether oxygens (including phenoxy) is 1. The van der Waals surface area contributed by atoms with Crippen LogP contribution >= 0.6 is 0 Å². The number of esters is 1. The Bertz CT molecular complexity index is 411. The molecule has 102 valence electrons. The Morgan fingerprint density at radius 1 is 1.21 bits per heavy atom. The maximum atomic E-state index is 10.9. The van der Waals surface area contributed by atoms with E-state index >= 15 is 0 Å². The van der Waals surface area contributed by atoms with Gasteiger partial charge in [-0.25, -0.2) is 4.79 Å². The van der Waals surface area contributed by atoms with E-state index in [1.165, 1.54) is 11.8 Å². The highest BCUT2D eigenvalue weighted by Gasteiger charge is 2.16. The number of anilines is 1. The molecule has 0 atom stereocenters. The standard InChI is InChI=1S/C15H20N2O2/c1-2-15(18)19-13-12-16-8-10-17(11-9-16)14-6-4-3-5-7-14/h2-7H,1,8-13H2. The lowest BCUT2D eigenvalue weighted by atomic mass is 10.2. The fraction of sp³-hybridized carbons (Fsp3) is 0.400. The average molecular weight is 260 g/mol. The smallest absolute Gasteiger partial charge is 0.330 e. The number of hydrogen-bond acceptors (Lipinski definition) is 4. The Balaban J connectivity index is 1.71. The summed E-state index contributed by atoms with van der Waals surface area (Å²) in [5.74, 6) is -0.345. The minimum absolute atomic E-state index is 0.345. The van der Waals surface area contributed by atoms with Gasteiger partial charge in [0.2, 0.25) is 0 Å². The first kappa shape index (κ1) is 13.6. The van der Waals surface area contributed by atoms with E-state index in [9.17, 15) is 4.79 Å². The van der Waals surface area contributed by atoms with Gasteiger partial charge >= 0.3 is 5.97 Å². The molecular weight excluding hydrogens is 240 g/mol. The zero-order valence-corrected chi connectivity index (χ0v) is 11.1. The minimum Gasteiger partial charge on any atom is -0.461 e. The molecular formula is C15H20N2O2. The van der Waals surface area contributed by atoms with E-state index in [-0.39, 0.29) is 5.97 Å². The molecule has 1 aromatic rings. The Morgan fingerprint density at radius 3 is 2.53 bits per heavy atom. The van der Waals surface area contributed by atoms with Gasteiger partial charge in [0.05, 0.1) is 0 Å². The summed E-state index contributed by atoms with van der Waals surface area (Å²) in [5, 5.41) is 0. The summed E-state index contributed by atoms with van der Waals surface area (Å²) < 4.78 is 4.99. The van der Waals surface area contributed by atoms with Crippen molar-refractivity contribution in [3.63, 3.8) is 0 Å². The molecule has 1 aromatic carbocycles. The fourth-order valence-corrected chi connectivity index (χ4v) is 2.20. The van der Waals surface area contributed by atoms with Gasteiger partial charge in [-0.05, 0) is 12.1 Å². The summed E-state index contributed by atoms with van der Waals surface area (Å²) >= 11 is 0. The number of carbonyl (C=O) groups excluding carboxylic acids is 1. The van der Waals surface area contributed by atoms with Crippen LogP contribution in [0.3, 0.4) is 0 Å². The van der Waals surface area contributed by atoms with Gasteiger partial charge in [-0.15, -0.1) is 0 Å². The predicted octanol–water partition coefficient (Wildman–Crippen LogP) is 1.54. The van der Waals surface area contributed by atoms with Gasteiger partial charge in [-0.3, -0.25) is 4.90 Å². The summed E-state index contributed by atoms with van der Waals surface area (Å²) in [5.41, 5.74) is 1.28. The molecule has 0 aliphatic carbocycles. The van der Waals surface area contributed by atoms with Crippen molar-refractivity contribution in [1.29, 1.82) is 0 Å². The second kappa shape index (κ2) is 6.95. The van der Waals surface area contributed by atoms with E-state index in [1.54, 1.807) is 0 Å². The SMILES string of the molecule is C=CC(=O)OCCN1CCN(c2ccccc2)CC1. The molecule has 0 radical (unpaired) electrons. The van der Waals surface area contributed by atoms with Gasteiger partial charge in [0.15, 0.2) is 0 Å². The summed E-state index contributed by atoms with van der Waals surface area (Å²) in [6, 6.07) is 10.4. The van der Waals surface area contributed by atoms with Gasteiger partial charge < -0.3 is 9.64 Å². The lowest BCUT2D eigenvalue weighted by molar-refractivity contribution is -0.138. The minimum atomic E-state index is -0.345. The maximum absolute atomic E-state index is 10.9. The Hall–Kier alpha value is -1.81. The normalized spacial score (nSPS) is 16.1. The highest BCUT2D eigenvalue weighted by molar-refractivity contribution is 5.81. The second-order valence-corrected chi connectivity index (χ2v) is 4.54. The van der Waals surface area contributed by atoms with E-state index in [0.29, 0.717) is 6.61 Å². The molecule has 4 nitrogen and oxygen atoms in total. The fourth-order valence-electron chi connectivity index (χ4n) is 2.20. The van der Waals surface area contributed by atoms with Crippen LogP contribution in [0.2, 0.25) is 0 Å². The van der Waals surface area contributed by atoms with Crippen molar-refractivity contribution < 1.29 is 9.53 Å². The summed E-state index contributed by atoms with van der Waals surface area (Å²) in [4.78, 5) is 15.6. The van der Waals surface area contributed by atoms with Crippen LogP contribution in [0.1, 0.15) is 0 Å². The number of piperazine rings is 1. The number of benzene rings is 1. The number of nitrogens with zero attached hydrogens (tertiary/aromatic N) is 2. The van der Waals surface area contributed by atoms with Crippen molar-refractivity contribution in [2.24, 2.45) is 0 Å². The average Bonchev–Trinajstić information content (AvgIpc) is 2.48. The van der Waals surface area contributed by atoms with E-state index in [1.807, 2.05) is 6.07 Å². The highest BCUT2D eigenvalue weighted by Crippen LogP contribution is 2.15. The van der Waals surface area contributed by atoms with Crippen molar-refractivity contribution in [3.8, 4) is 0 Å². The van der Waals surface area contributed by atoms with Gasteiger partial charge in [-0.2, -0.15) is 0 Å². The van der Waals surface area contributed by atoms with Crippen molar-refractivity contribution in [3.05, 3.63) is 43.0 Å². The molecule has 1 fully saturated rings. The third-order valence-electron chi connectivity index (χ3n) is 3.31. The Morgan fingerprint density at radius 2 is 1.89 bits per heavy atom. The number of para-hydroxylation sites is 1. The second-order valence-electron chi connectivity index (χ2n) is 4.54. The first-order valence-electron chi connectivity index (χ1n) is 6.61. The van der Waals surface area contributed by atoms with Crippen LogP contribution in [0.5, 0.6) is 0 Å². The number of hydrogen-bond donors (Lipinski definition) is 0. The van der Waals surface area contributed by atoms with E-state index in [2.05, 4.69) is 40.6 Å². The molecule has 1 saturated heterocycles. The van der Waals surface area contributed by atoms with Gasteiger partial charge in [-0.1, -0.05) is 24.8 Å². The Kier molecular flexibility index (Phi) is 4.98. The predicted molar refractivity (Wildman–Crippen MR) is 76.3 cm³/mol. The first-order chi connectivity index (χ1) is 9.29. The molecule has 0 N–H and O–H groups in total. The van der Waals surface area contributed by atoms with Crippen LogP contribution in [-0.4, -0.2) is 50.2 Å². The zero-order chi connectivity index (χ0) is 13.5. The van der Waals surface area contributed by atoms with E-state index in [0.717, 1.165) is 32.7 Å². The highest BCUT2D eigenvalue weighted by atomic mass is 16.5. The molecule has 0 bridgehead atoms. The molecule has 0 amide bonds. The van der Waals surface area contributed by atoms with E-state index < -0.39 is 0 Å². The van der Waals surface area contributed by atoms with E-state index in [4.69, 9.17) is 4.74 Å². The van der Waals surface area contributed by atoms with Crippen molar-refractivity contribution in [1.82, 2.24) is 4.90 Å². The topological polar surface area (TPSA) is 32.8 Å². The molecule has 2 rings (SSSR count). The quantitative estimate of drug-likeness (QED) is 0.594. The van der Waals surface area contributed by atoms with Crippen LogP contribution < -0.4 is 4.90 Å². The van der Waals surface area contributed by atoms with Crippen LogP contribution in [0, 0.1) is 0 Å². The molecule has 1 aliphatic rings. The van der Waals surface area contributed by atoms with Gasteiger partial charge in [0.25, 0.3) is 0 Å². The van der Waals surface area contributed by atoms with Crippen LogP contribution in [0.4, 0.5) is 5.69 Å². The molecule has 19 heavy (non-hydrogen) atoms. The largest absolute Gasteiger partial charge is 0.461 e. The molecule has 0 saturated carbocycles. The third-order valence-corrected chi connectivity index (χ3v) is 3.31. The number of carbonyl (C=O) groups is 1. The summed E-state index contributed by atoms with van der Waals surface area (Å²) in [6.45, 7) is 8.64. The molecule has 0 unspecified atom stereocenters. The van der Waals surface area contributed by atoms with Crippen molar-refractivity contribution >= 4 is 11.7 Å². The van der Waals surface area contributed by atoms with Crippen molar-refractivity contribution in [2.45, 2.75) is 0 Å². The lowest BCUT2D eigenvalue weighted by Gasteiger charge is -2.35. The molecule has 1 heterocycles. The third kappa shape index (κ3) is 4.10. The van der Waals surface area contributed by atoms with Crippen LogP contribution in [0.15, 0.2) is 43.0 Å². The van der Waals surface area contributed by atoms with Crippen molar-refractivity contribution in [2.75, 3.05) is 44.2 Å². The van der Waals surface area contributed by atoms with Gasteiger partial charge in [0.1, 0.15) is 6.61 Å². The Labute approximate surface area is 114 Å². The number of rotatable bonds is 5. The summed E-state index contributed by atoms with van der Waals surface area (Å²) in [6.07, 6.45) is 1.20. The summed E-state index contributed by atoms with van der Waals surface area (Å²) in [7, 11) is 0. The first-order valence-corrected chi connectivity index (χ1v) is 6.61. The molecule has 0 spiro atoms. The molecule has 1 aliphatic heterocycles. The van der Waals surface area contributed by atoms with Gasteiger partial charge in [0, 0.05) is 44.5 Å². The monoisotopic (exact) mass is 260 g/mol. The molecule has 4 heteroatoms. The lowest BCUT2D eigenvalue weighted by Crippen LogP contribution is -2.47. The zero-order valence-electron chi connectivity index (χ0n) is 11.1. The maximum Gasteiger partial charge on any atom is 0.330 e. The van der Waals surface area contributed by atoms with Crippen LogP contribution in [-0.2, 0) is 9.53 Å². The van der Waals surface area contributed by atoms with Crippen LogP contribution in [0.25, 0.3) is 0 Å². The molecule has 0 aromatic heterocycles.